The molecule has 0 atom stereocenters. The molecule has 2 N–H and O–H groups in total. The molecule has 13 heavy (non-hydrogen) atoms. The lowest BCUT2D eigenvalue weighted by Crippen LogP contribution is -1.92. The summed E-state index contributed by atoms with van der Waals surface area (Å²) >= 11 is 9.85. The molecular formula is C9H11ClN2S. The Labute approximate surface area is 88.2 Å². The van der Waals surface area contributed by atoms with Crippen molar-refractivity contribution in [1.82, 2.24) is 4.98 Å². The van der Waals surface area contributed by atoms with Crippen LogP contribution in [0.5, 0.6) is 0 Å². The van der Waals surface area contributed by atoms with Crippen molar-refractivity contribution in [2.45, 2.75) is 6.42 Å². The maximum atomic E-state index is 5.76. The molecule has 0 saturated heterocycles. The minimum Gasteiger partial charge on any atom is -0.383 e. The number of nitrogen functional groups attached to an aromatic ring is 1. The van der Waals surface area contributed by atoms with E-state index in [9.17, 15) is 0 Å². The number of thiol groups is 1. The second kappa shape index (κ2) is 5.14. The number of halogens is 1. The molecule has 0 radical (unpaired) electrons. The van der Waals surface area contributed by atoms with Gasteiger partial charge in [0.15, 0.2) is 0 Å². The van der Waals surface area contributed by atoms with Gasteiger partial charge in [0.05, 0.1) is 5.02 Å². The molecule has 0 bridgehead atoms. The molecule has 0 amide bonds. The van der Waals surface area contributed by atoms with Gasteiger partial charge in [-0.05, 0) is 18.2 Å². The molecule has 0 unspecified atom stereocenters. The third kappa shape index (κ3) is 3.28. The normalized spacial score (nSPS) is 10.9. The number of rotatable bonds is 3. The molecule has 0 aromatic carbocycles. The van der Waals surface area contributed by atoms with Gasteiger partial charge in [0, 0.05) is 11.8 Å². The SMILES string of the molecule is Nc1ncc(Cl)cc1C=CCCS. The molecular weight excluding hydrogens is 204 g/mol. The van der Waals surface area contributed by atoms with Crippen LogP contribution in [0, 0.1) is 0 Å². The molecule has 1 aromatic rings. The quantitative estimate of drug-likeness (QED) is 0.760. The molecule has 70 valence electrons. The monoisotopic (exact) mass is 214 g/mol. The number of pyridine rings is 1. The number of nitrogens with zero attached hydrogens (tertiary/aromatic N) is 1. The first-order valence-electron chi connectivity index (χ1n) is 3.92. The largest absolute Gasteiger partial charge is 0.383 e. The summed E-state index contributed by atoms with van der Waals surface area (Å²) in [7, 11) is 0. The van der Waals surface area contributed by atoms with Crippen molar-refractivity contribution in [3.63, 3.8) is 0 Å². The van der Waals surface area contributed by atoms with Crippen LogP contribution in [0.2, 0.25) is 5.02 Å². The molecule has 0 fully saturated rings. The Morgan fingerprint density at radius 2 is 2.38 bits per heavy atom. The van der Waals surface area contributed by atoms with Gasteiger partial charge in [0.25, 0.3) is 0 Å². The molecule has 0 saturated carbocycles. The Morgan fingerprint density at radius 3 is 3.08 bits per heavy atom. The van der Waals surface area contributed by atoms with E-state index in [0.717, 1.165) is 17.7 Å². The third-order valence-electron chi connectivity index (χ3n) is 1.51. The second-order valence-electron chi connectivity index (χ2n) is 2.54. The average Bonchev–Trinajstić information content (AvgIpc) is 2.11. The lowest BCUT2D eigenvalue weighted by Gasteiger charge is -1.98. The van der Waals surface area contributed by atoms with Crippen LogP contribution < -0.4 is 5.73 Å². The van der Waals surface area contributed by atoms with Crippen LogP contribution in [0.15, 0.2) is 18.3 Å². The van der Waals surface area contributed by atoms with E-state index in [0.29, 0.717) is 10.8 Å². The van der Waals surface area contributed by atoms with Crippen molar-refractivity contribution in [2.24, 2.45) is 0 Å². The summed E-state index contributed by atoms with van der Waals surface area (Å²) in [6.45, 7) is 0. The molecule has 0 spiro atoms. The molecule has 0 aliphatic carbocycles. The van der Waals surface area contributed by atoms with Gasteiger partial charge in [0.1, 0.15) is 5.82 Å². The first kappa shape index (κ1) is 10.4. The fraction of sp³-hybridized carbons (Fsp3) is 0.222. The van der Waals surface area contributed by atoms with E-state index in [1.165, 1.54) is 6.20 Å². The van der Waals surface area contributed by atoms with Gasteiger partial charge in [-0.3, -0.25) is 0 Å². The van der Waals surface area contributed by atoms with Crippen molar-refractivity contribution >= 4 is 36.1 Å². The van der Waals surface area contributed by atoms with E-state index in [4.69, 9.17) is 17.3 Å². The molecule has 2 nitrogen and oxygen atoms in total. The number of hydrogen-bond donors (Lipinski definition) is 2. The topological polar surface area (TPSA) is 38.9 Å². The summed E-state index contributed by atoms with van der Waals surface area (Å²) in [6.07, 6.45) is 6.35. The number of anilines is 1. The van der Waals surface area contributed by atoms with Crippen LogP contribution >= 0.6 is 24.2 Å². The molecule has 1 heterocycles. The Morgan fingerprint density at radius 1 is 1.62 bits per heavy atom. The van der Waals surface area contributed by atoms with Crippen molar-refractivity contribution < 1.29 is 0 Å². The third-order valence-corrected chi connectivity index (χ3v) is 1.97. The summed E-state index contributed by atoms with van der Waals surface area (Å²) in [5, 5.41) is 0.597. The molecule has 0 aliphatic rings. The Balaban J connectivity index is 2.81. The van der Waals surface area contributed by atoms with Gasteiger partial charge in [-0.15, -0.1) is 0 Å². The highest BCUT2D eigenvalue weighted by Crippen LogP contribution is 2.16. The zero-order valence-electron chi connectivity index (χ0n) is 7.07. The predicted molar refractivity (Wildman–Crippen MR) is 61.2 cm³/mol. The van der Waals surface area contributed by atoms with Crippen molar-refractivity contribution in [3.8, 4) is 0 Å². The van der Waals surface area contributed by atoms with Gasteiger partial charge >= 0.3 is 0 Å². The zero-order chi connectivity index (χ0) is 9.68. The highest BCUT2D eigenvalue weighted by Gasteiger charge is 1.96. The van der Waals surface area contributed by atoms with E-state index < -0.39 is 0 Å². The predicted octanol–water partition coefficient (Wildman–Crippen LogP) is 2.65. The van der Waals surface area contributed by atoms with E-state index >= 15 is 0 Å². The van der Waals surface area contributed by atoms with Crippen molar-refractivity contribution in [2.75, 3.05) is 11.5 Å². The smallest absolute Gasteiger partial charge is 0.130 e. The first-order valence-corrected chi connectivity index (χ1v) is 4.93. The number of aromatic nitrogens is 1. The average molecular weight is 215 g/mol. The second-order valence-corrected chi connectivity index (χ2v) is 3.43. The van der Waals surface area contributed by atoms with Crippen LogP contribution in [0.4, 0.5) is 5.82 Å². The summed E-state index contributed by atoms with van der Waals surface area (Å²) in [6, 6.07) is 1.79. The van der Waals surface area contributed by atoms with E-state index in [1.807, 2.05) is 12.2 Å². The van der Waals surface area contributed by atoms with Crippen molar-refractivity contribution in [3.05, 3.63) is 28.9 Å². The molecule has 0 aliphatic heterocycles. The van der Waals surface area contributed by atoms with E-state index in [2.05, 4.69) is 17.6 Å². The van der Waals surface area contributed by atoms with Gasteiger partial charge in [-0.25, -0.2) is 4.98 Å². The lowest BCUT2D eigenvalue weighted by atomic mass is 10.2. The van der Waals surface area contributed by atoms with E-state index in [-0.39, 0.29) is 0 Å². The Bertz CT molecular complexity index is 312. The Kier molecular flexibility index (Phi) is 4.12. The molecule has 4 heteroatoms. The summed E-state index contributed by atoms with van der Waals surface area (Å²) in [4.78, 5) is 3.93. The number of allylic oxidation sites excluding steroid dienone is 1. The Hall–Kier alpha value is -0.670. The first-order chi connectivity index (χ1) is 6.24. The fourth-order valence-electron chi connectivity index (χ4n) is 0.884. The van der Waals surface area contributed by atoms with Crippen molar-refractivity contribution in [1.29, 1.82) is 0 Å². The number of hydrogen-bond acceptors (Lipinski definition) is 3. The molecule has 1 aromatic heterocycles. The van der Waals surface area contributed by atoms with Crippen LogP contribution in [0.1, 0.15) is 12.0 Å². The maximum absolute atomic E-state index is 5.76. The van der Waals surface area contributed by atoms with Crippen LogP contribution in [0.25, 0.3) is 6.08 Å². The van der Waals surface area contributed by atoms with Gasteiger partial charge in [-0.2, -0.15) is 12.6 Å². The van der Waals surface area contributed by atoms with Gasteiger partial charge in [-0.1, -0.05) is 23.8 Å². The highest BCUT2D eigenvalue weighted by molar-refractivity contribution is 7.80. The summed E-state index contributed by atoms with van der Waals surface area (Å²) in [5.41, 5.74) is 6.49. The minimum atomic E-state index is 0.500. The van der Waals surface area contributed by atoms with Crippen LogP contribution in [-0.4, -0.2) is 10.7 Å². The zero-order valence-corrected chi connectivity index (χ0v) is 8.72. The summed E-state index contributed by atoms with van der Waals surface area (Å²) < 4.78 is 0. The maximum Gasteiger partial charge on any atom is 0.130 e. The standard InChI is InChI=1S/C9H11ClN2S/c10-8-5-7(3-1-2-4-13)9(11)12-6-8/h1,3,5-6,13H,2,4H2,(H2,11,12). The summed E-state index contributed by atoms with van der Waals surface area (Å²) in [5.74, 6) is 1.32. The number of nitrogens with two attached hydrogens (primary N) is 1. The van der Waals surface area contributed by atoms with Crippen LogP contribution in [0.3, 0.4) is 0 Å². The fourth-order valence-corrected chi connectivity index (χ4v) is 1.20. The van der Waals surface area contributed by atoms with Gasteiger partial charge in [0.2, 0.25) is 0 Å². The molecule has 1 rings (SSSR count). The van der Waals surface area contributed by atoms with Gasteiger partial charge < -0.3 is 5.73 Å². The minimum absolute atomic E-state index is 0.500. The highest BCUT2D eigenvalue weighted by atomic mass is 35.5. The van der Waals surface area contributed by atoms with E-state index in [1.54, 1.807) is 6.07 Å². The van der Waals surface area contributed by atoms with Crippen LogP contribution in [-0.2, 0) is 0 Å². The lowest BCUT2D eigenvalue weighted by molar-refractivity contribution is 1.26.